The molecule has 1 amide bonds. The SMILES string of the molecule is CC1(C)CCN(C(=O)C2CC=CCC2C(=O)O)CC1. The summed E-state index contributed by atoms with van der Waals surface area (Å²) in [4.78, 5) is 25.6. The Morgan fingerprint density at radius 3 is 2.16 bits per heavy atom. The Hall–Kier alpha value is -1.32. The van der Waals surface area contributed by atoms with Crippen LogP contribution in [0, 0.1) is 17.3 Å². The number of carbonyl (C=O) groups is 2. The van der Waals surface area contributed by atoms with Crippen molar-refractivity contribution in [3.05, 3.63) is 12.2 Å². The highest BCUT2D eigenvalue weighted by atomic mass is 16.4. The van der Waals surface area contributed by atoms with Gasteiger partial charge in [-0.3, -0.25) is 9.59 Å². The number of amides is 1. The molecule has 1 aliphatic heterocycles. The van der Waals surface area contributed by atoms with E-state index in [2.05, 4.69) is 13.8 Å². The number of hydrogen-bond acceptors (Lipinski definition) is 2. The molecular formula is C15H23NO3. The third-order valence-corrected chi connectivity index (χ3v) is 4.50. The highest BCUT2D eigenvalue weighted by Gasteiger charge is 2.38. The van der Waals surface area contributed by atoms with Gasteiger partial charge in [0, 0.05) is 13.1 Å². The first-order valence-corrected chi connectivity index (χ1v) is 7.07. The van der Waals surface area contributed by atoms with Gasteiger partial charge in [0.25, 0.3) is 0 Å². The van der Waals surface area contributed by atoms with Gasteiger partial charge in [0.2, 0.25) is 5.91 Å². The number of piperidine rings is 1. The molecule has 19 heavy (non-hydrogen) atoms. The van der Waals surface area contributed by atoms with Crippen molar-refractivity contribution < 1.29 is 14.7 Å². The van der Waals surface area contributed by atoms with Crippen LogP contribution in [0.3, 0.4) is 0 Å². The maximum Gasteiger partial charge on any atom is 0.307 e. The van der Waals surface area contributed by atoms with E-state index in [9.17, 15) is 14.7 Å². The number of hydrogen-bond donors (Lipinski definition) is 1. The van der Waals surface area contributed by atoms with Crippen LogP contribution in [0.25, 0.3) is 0 Å². The standard InChI is InChI=1S/C15H23NO3/c1-15(2)7-9-16(10-8-15)13(17)11-5-3-4-6-12(11)14(18)19/h3-4,11-12H,5-10H2,1-2H3,(H,18,19). The van der Waals surface area contributed by atoms with Crippen LogP contribution in [0.5, 0.6) is 0 Å². The van der Waals surface area contributed by atoms with Crippen molar-refractivity contribution in [1.82, 2.24) is 4.90 Å². The molecule has 4 nitrogen and oxygen atoms in total. The van der Waals surface area contributed by atoms with E-state index in [1.807, 2.05) is 17.1 Å². The lowest BCUT2D eigenvalue weighted by molar-refractivity contribution is -0.151. The van der Waals surface area contributed by atoms with Gasteiger partial charge in [0.05, 0.1) is 11.8 Å². The lowest BCUT2D eigenvalue weighted by Crippen LogP contribution is -2.46. The van der Waals surface area contributed by atoms with Crippen LogP contribution in [0.1, 0.15) is 39.5 Å². The Morgan fingerprint density at radius 2 is 1.63 bits per heavy atom. The van der Waals surface area contributed by atoms with E-state index >= 15 is 0 Å². The molecule has 0 aromatic heterocycles. The van der Waals surface area contributed by atoms with Crippen LogP contribution in [0.4, 0.5) is 0 Å². The molecule has 2 rings (SSSR count). The number of allylic oxidation sites excluding steroid dienone is 2. The summed E-state index contributed by atoms with van der Waals surface area (Å²) in [7, 11) is 0. The van der Waals surface area contributed by atoms with Gasteiger partial charge in [0.15, 0.2) is 0 Å². The molecule has 0 saturated carbocycles. The Labute approximate surface area is 114 Å². The lowest BCUT2D eigenvalue weighted by Gasteiger charge is -2.39. The fourth-order valence-electron chi connectivity index (χ4n) is 2.93. The molecule has 0 aromatic rings. The van der Waals surface area contributed by atoms with Crippen molar-refractivity contribution >= 4 is 11.9 Å². The number of likely N-dealkylation sites (tertiary alicyclic amines) is 1. The van der Waals surface area contributed by atoms with Crippen LogP contribution >= 0.6 is 0 Å². The molecule has 1 fully saturated rings. The fraction of sp³-hybridized carbons (Fsp3) is 0.733. The van der Waals surface area contributed by atoms with E-state index in [1.165, 1.54) is 0 Å². The summed E-state index contributed by atoms with van der Waals surface area (Å²) in [6, 6.07) is 0. The predicted molar refractivity (Wildman–Crippen MR) is 72.6 cm³/mol. The molecule has 0 radical (unpaired) electrons. The Balaban J connectivity index is 2.03. The first kappa shape index (κ1) is 14.1. The molecule has 1 saturated heterocycles. The van der Waals surface area contributed by atoms with Crippen LogP contribution in [-0.4, -0.2) is 35.0 Å². The Morgan fingerprint density at radius 1 is 1.11 bits per heavy atom. The van der Waals surface area contributed by atoms with E-state index in [0.717, 1.165) is 25.9 Å². The van der Waals surface area contributed by atoms with E-state index in [4.69, 9.17) is 0 Å². The largest absolute Gasteiger partial charge is 0.481 e. The first-order valence-electron chi connectivity index (χ1n) is 7.07. The van der Waals surface area contributed by atoms with Gasteiger partial charge in [0.1, 0.15) is 0 Å². The van der Waals surface area contributed by atoms with Crippen molar-refractivity contribution in [2.24, 2.45) is 17.3 Å². The second kappa shape index (κ2) is 5.35. The van der Waals surface area contributed by atoms with Gasteiger partial charge >= 0.3 is 5.97 Å². The third-order valence-electron chi connectivity index (χ3n) is 4.50. The van der Waals surface area contributed by atoms with Crippen LogP contribution < -0.4 is 0 Å². The predicted octanol–water partition coefficient (Wildman–Crippen LogP) is 2.30. The quantitative estimate of drug-likeness (QED) is 0.779. The zero-order valence-corrected chi connectivity index (χ0v) is 11.8. The summed E-state index contributed by atoms with van der Waals surface area (Å²) >= 11 is 0. The molecular weight excluding hydrogens is 242 g/mol. The molecule has 4 heteroatoms. The van der Waals surface area contributed by atoms with E-state index in [1.54, 1.807) is 0 Å². The highest BCUT2D eigenvalue weighted by molar-refractivity contribution is 5.85. The van der Waals surface area contributed by atoms with Gasteiger partial charge < -0.3 is 10.0 Å². The van der Waals surface area contributed by atoms with E-state index in [0.29, 0.717) is 18.3 Å². The molecule has 0 bridgehead atoms. The number of nitrogens with zero attached hydrogens (tertiary/aromatic N) is 1. The first-order chi connectivity index (χ1) is 8.91. The summed E-state index contributed by atoms with van der Waals surface area (Å²) in [6.07, 6.45) is 6.86. The summed E-state index contributed by atoms with van der Waals surface area (Å²) in [5.74, 6) is -1.73. The van der Waals surface area contributed by atoms with Crippen molar-refractivity contribution in [2.75, 3.05) is 13.1 Å². The van der Waals surface area contributed by atoms with Gasteiger partial charge in [-0.2, -0.15) is 0 Å². The van der Waals surface area contributed by atoms with Gasteiger partial charge in [-0.15, -0.1) is 0 Å². The van der Waals surface area contributed by atoms with Crippen molar-refractivity contribution in [2.45, 2.75) is 39.5 Å². The number of carboxylic acids is 1. The molecule has 1 N–H and O–H groups in total. The van der Waals surface area contributed by atoms with E-state index < -0.39 is 11.9 Å². The summed E-state index contributed by atoms with van der Waals surface area (Å²) < 4.78 is 0. The average molecular weight is 265 g/mol. The average Bonchev–Trinajstić information content (AvgIpc) is 2.38. The molecule has 1 heterocycles. The normalized spacial score (nSPS) is 30.1. The zero-order valence-electron chi connectivity index (χ0n) is 11.8. The van der Waals surface area contributed by atoms with Crippen LogP contribution in [0.15, 0.2) is 12.2 Å². The third kappa shape index (κ3) is 3.17. The number of carboxylic acid groups (broad SMARTS) is 1. The smallest absolute Gasteiger partial charge is 0.307 e. The molecule has 2 aliphatic rings. The maximum absolute atomic E-state index is 12.5. The van der Waals surface area contributed by atoms with Crippen LogP contribution in [-0.2, 0) is 9.59 Å². The number of carbonyl (C=O) groups excluding carboxylic acids is 1. The van der Waals surface area contributed by atoms with Crippen molar-refractivity contribution in [3.8, 4) is 0 Å². The molecule has 2 unspecified atom stereocenters. The van der Waals surface area contributed by atoms with Gasteiger partial charge in [-0.25, -0.2) is 0 Å². The molecule has 1 aliphatic carbocycles. The van der Waals surface area contributed by atoms with Crippen LogP contribution in [0.2, 0.25) is 0 Å². The Bertz CT molecular complexity index is 390. The lowest BCUT2D eigenvalue weighted by atomic mass is 9.79. The fourth-order valence-corrected chi connectivity index (χ4v) is 2.93. The second-order valence-electron chi connectivity index (χ2n) is 6.48. The maximum atomic E-state index is 12.5. The molecule has 2 atom stereocenters. The molecule has 0 spiro atoms. The topological polar surface area (TPSA) is 57.6 Å². The zero-order chi connectivity index (χ0) is 14.0. The monoisotopic (exact) mass is 265 g/mol. The van der Waals surface area contributed by atoms with Gasteiger partial charge in [-0.1, -0.05) is 26.0 Å². The molecule has 106 valence electrons. The van der Waals surface area contributed by atoms with Crippen molar-refractivity contribution in [3.63, 3.8) is 0 Å². The van der Waals surface area contributed by atoms with E-state index in [-0.39, 0.29) is 11.8 Å². The molecule has 0 aromatic carbocycles. The minimum atomic E-state index is -0.847. The summed E-state index contributed by atoms with van der Waals surface area (Å²) in [5.41, 5.74) is 0.301. The summed E-state index contributed by atoms with van der Waals surface area (Å²) in [6.45, 7) is 5.97. The minimum absolute atomic E-state index is 0.0345. The minimum Gasteiger partial charge on any atom is -0.481 e. The van der Waals surface area contributed by atoms with Gasteiger partial charge in [-0.05, 0) is 31.1 Å². The van der Waals surface area contributed by atoms with Crippen molar-refractivity contribution in [1.29, 1.82) is 0 Å². The number of rotatable bonds is 2. The summed E-state index contributed by atoms with van der Waals surface area (Å²) in [5, 5.41) is 9.23. The Kier molecular flexibility index (Phi) is 3.97. The highest BCUT2D eigenvalue weighted by Crippen LogP contribution is 2.33. The second-order valence-corrected chi connectivity index (χ2v) is 6.48. The number of aliphatic carboxylic acids is 1.